The third-order valence-corrected chi connectivity index (χ3v) is 4.96. The molecule has 2 aromatic carbocycles. The van der Waals surface area contributed by atoms with Gasteiger partial charge in [-0.1, -0.05) is 47.5 Å². The largest absolute Gasteiger partial charge is 0.379 e. The molecule has 0 unspecified atom stereocenters. The Morgan fingerprint density at radius 1 is 1.04 bits per heavy atom. The summed E-state index contributed by atoms with van der Waals surface area (Å²) in [6, 6.07) is 14.4. The van der Waals surface area contributed by atoms with Gasteiger partial charge in [0.15, 0.2) is 0 Å². The quantitative estimate of drug-likeness (QED) is 0.896. The summed E-state index contributed by atoms with van der Waals surface area (Å²) in [6.07, 6.45) is 0. The standard InChI is InChI=1S/C22H28N2O2/c1-16-4-7-19(8-5-16)21(15-24-10-12-26-13-11-24)23-22(25)20-9-6-17(2)14-18(20)3/h4-9,14,21H,10-13,15H2,1-3H3,(H,23,25)/t21-/m0/s1. The maximum atomic E-state index is 12.9. The first kappa shape index (κ1) is 18.6. The lowest BCUT2D eigenvalue weighted by Crippen LogP contribution is -2.43. The summed E-state index contributed by atoms with van der Waals surface area (Å²) in [7, 11) is 0. The van der Waals surface area contributed by atoms with Crippen molar-refractivity contribution in [3.8, 4) is 0 Å². The molecule has 1 atom stereocenters. The van der Waals surface area contributed by atoms with Crippen molar-refractivity contribution in [2.75, 3.05) is 32.8 Å². The van der Waals surface area contributed by atoms with Gasteiger partial charge >= 0.3 is 0 Å². The molecular weight excluding hydrogens is 324 g/mol. The normalized spacial score (nSPS) is 16.3. The molecule has 1 heterocycles. The van der Waals surface area contributed by atoms with Crippen LogP contribution < -0.4 is 5.32 Å². The Morgan fingerprint density at radius 2 is 1.69 bits per heavy atom. The summed E-state index contributed by atoms with van der Waals surface area (Å²) >= 11 is 0. The predicted molar refractivity (Wildman–Crippen MR) is 105 cm³/mol. The van der Waals surface area contributed by atoms with Gasteiger partial charge in [0.2, 0.25) is 0 Å². The van der Waals surface area contributed by atoms with Crippen LogP contribution in [0, 0.1) is 20.8 Å². The van der Waals surface area contributed by atoms with Crippen LogP contribution in [-0.4, -0.2) is 43.7 Å². The molecule has 3 rings (SSSR count). The second-order valence-corrected chi connectivity index (χ2v) is 7.17. The molecule has 1 saturated heterocycles. The topological polar surface area (TPSA) is 41.6 Å². The average Bonchev–Trinajstić information content (AvgIpc) is 2.62. The lowest BCUT2D eigenvalue weighted by atomic mass is 10.0. The van der Waals surface area contributed by atoms with Gasteiger partial charge in [-0.05, 0) is 38.0 Å². The number of nitrogens with one attached hydrogen (secondary N) is 1. The van der Waals surface area contributed by atoms with Gasteiger partial charge in [-0.3, -0.25) is 9.69 Å². The Labute approximate surface area is 156 Å². The van der Waals surface area contributed by atoms with Crippen molar-refractivity contribution in [2.45, 2.75) is 26.8 Å². The van der Waals surface area contributed by atoms with Gasteiger partial charge in [0.1, 0.15) is 0 Å². The highest BCUT2D eigenvalue weighted by Gasteiger charge is 2.21. The van der Waals surface area contributed by atoms with Crippen LogP contribution in [0.25, 0.3) is 0 Å². The molecule has 4 nitrogen and oxygen atoms in total. The zero-order valence-electron chi connectivity index (χ0n) is 15.9. The first-order valence-corrected chi connectivity index (χ1v) is 9.28. The molecular formula is C22H28N2O2. The molecule has 138 valence electrons. The number of morpholine rings is 1. The Hall–Kier alpha value is -2.17. The Balaban J connectivity index is 1.79. The van der Waals surface area contributed by atoms with E-state index in [1.807, 2.05) is 26.0 Å². The van der Waals surface area contributed by atoms with E-state index >= 15 is 0 Å². The van der Waals surface area contributed by atoms with Gasteiger partial charge in [-0.2, -0.15) is 0 Å². The molecule has 0 aromatic heterocycles. The van der Waals surface area contributed by atoms with Crippen LogP contribution in [0.15, 0.2) is 42.5 Å². The molecule has 0 radical (unpaired) electrons. The van der Waals surface area contributed by atoms with Crippen LogP contribution in [0.5, 0.6) is 0 Å². The molecule has 0 bridgehead atoms. The molecule has 1 aliphatic heterocycles. The molecule has 0 aliphatic carbocycles. The number of ether oxygens (including phenoxy) is 1. The number of carbonyl (C=O) groups excluding carboxylic acids is 1. The van der Waals surface area contributed by atoms with Crippen molar-refractivity contribution in [3.05, 3.63) is 70.3 Å². The number of hydrogen-bond donors (Lipinski definition) is 1. The van der Waals surface area contributed by atoms with Gasteiger partial charge < -0.3 is 10.1 Å². The fraction of sp³-hybridized carbons (Fsp3) is 0.409. The summed E-state index contributed by atoms with van der Waals surface area (Å²) in [5.74, 6) is -0.0127. The van der Waals surface area contributed by atoms with Crippen molar-refractivity contribution in [2.24, 2.45) is 0 Å². The number of nitrogens with zero attached hydrogens (tertiary/aromatic N) is 1. The molecule has 0 spiro atoms. The molecule has 26 heavy (non-hydrogen) atoms. The van der Waals surface area contributed by atoms with E-state index in [-0.39, 0.29) is 11.9 Å². The minimum absolute atomic E-state index is 0.0127. The predicted octanol–water partition coefficient (Wildman–Crippen LogP) is 3.42. The summed E-state index contributed by atoms with van der Waals surface area (Å²) in [5.41, 5.74) is 5.29. The third-order valence-electron chi connectivity index (χ3n) is 4.96. The molecule has 1 N–H and O–H groups in total. The third kappa shape index (κ3) is 4.71. The first-order chi connectivity index (χ1) is 12.5. The highest BCUT2D eigenvalue weighted by atomic mass is 16.5. The fourth-order valence-electron chi connectivity index (χ4n) is 3.38. The van der Waals surface area contributed by atoms with Crippen molar-refractivity contribution < 1.29 is 9.53 Å². The lowest BCUT2D eigenvalue weighted by molar-refractivity contribution is 0.0332. The lowest BCUT2D eigenvalue weighted by Gasteiger charge is -2.31. The fourth-order valence-corrected chi connectivity index (χ4v) is 3.38. The highest BCUT2D eigenvalue weighted by Crippen LogP contribution is 2.18. The number of carbonyl (C=O) groups is 1. The molecule has 1 amide bonds. The summed E-state index contributed by atoms with van der Waals surface area (Å²) in [4.78, 5) is 15.3. The van der Waals surface area contributed by atoms with Gasteiger partial charge in [0.25, 0.3) is 5.91 Å². The zero-order valence-corrected chi connectivity index (χ0v) is 15.9. The molecule has 4 heteroatoms. The summed E-state index contributed by atoms with van der Waals surface area (Å²) in [5, 5.41) is 3.26. The molecule has 1 aliphatic rings. The monoisotopic (exact) mass is 352 g/mol. The van der Waals surface area contributed by atoms with Crippen molar-refractivity contribution >= 4 is 5.91 Å². The van der Waals surface area contributed by atoms with E-state index in [2.05, 4.69) is 47.5 Å². The number of benzene rings is 2. The Morgan fingerprint density at radius 3 is 2.35 bits per heavy atom. The van der Waals surface area contributed by atoms with Crippen LogP contribution in [-0.2, 0) is 4.74 Å². The number of rotatable bonds is 5. The van der Waals surface area contributed by atoms with Crippen LogP contribution in [0.3, 0.4) is 0 Å². The maximum Gasteiger partial charge on any atom is 0.252 e. The minimum atomic E-state index is -0.0399. The van der Waals surface area contributed by atoms with E-state index in [1.165, 1.54) is 11.1 Å². The van der Waals surface area contributed by atoms with Gasteiger partial charge in [0.05, 0.1) is 19.3 Å². The summed E-state index contributed by atoms with van der Waals surface area (Å²) < 4.78 is 5.45. The van der Waals surface area contributed by atoms with E-state index in [9.17, 15) is 4.79 Å². The van der Waals surface area contributed by atoms with E-state index < -0.39 is 0 Å². The van der Waals surface area contributed by atoms with Crippen molar-refractivity contribution in [1.29, 1.82) is 0 Å². The van der Waals surface area contributed by atoms with E-state index in [0.29, 0.717) is 0 Å². The van der Waals surface area contributed by atoms with E-state index in [0.717, 1.165) is 49.5 Å². The highest BCUT2D eigenvalue weighted by molar-refractivity contribution is 5.96. The first-order valence-electron chi connectivity index (χ1n) is 9.28. The SMILES string of the molecule is Cc1ccc([C@H](CN2CCOCC2)NC(=O)c2ccc(C)cc2C)cc1. The van der Waals surface area contributed by atoms with Gasteiger partial charge in [0, 0.05) is 25.2 Å². The van der Waals surface area contributed by atoms with Crippen LogP contribution in [0.1, 0.15) is 38.7 Å². The second-order valence-electron chi connectivity index (χ2n) is 7.17. The average molecular weight is 352 g/mol. The second kappa shape index (κ2) is 8.47. The summed E-state index contributed by atoms with van der Waals surface area (Å²) in [6.45, 7) is 10.2. The Bertz CT molecular complexity index is 749. The number of amides is 1. The molecule has 1 fully saturated rings. The van der Waals surface area contributed by atoms with Crippen molar-refractivity contribution in [3.63, 3.8) is 0 Å². The molecule has 2 aromatic rings. The van der Waals surface area contributed by atoms with E-state index in [4.69, 9.17) is 4.74 Å². The van der Waals surface area contributed by atoms with E-state index in [1.54, 1.807) is 0 Å². The van der Waals surface area contributed by atoms with Crippen LogP contribution >= 0.6 is 0 Å². The zero-order chi connectivity index (χ0) is 18.5. The van der Waals surface area contributed by atoms with Gasteiger partial charge in [-0.25, -0.2) is 0 Å². The van der Waals surface area contributed by atoms with Crippen LogP contribution in [0.2, 0.25) is 0 Å². The van der Waals surface area contributed by atoms with Gasteiger partial charge in [-0.15, -0.1) is 0 Å². The Kier molecular flexibility index (Phi) is 6.07. The molecule has 0 saturated carbocycles. The number of hydrogen-bond acceptors (Lipinski definition) is 3. The minimum Gasteiger partial charge on any atom is -0.379 e. The van der Waals surface area contributed by atoms with Crippen molar-refractivity contribution in [1.82, 2.24) is 10.2 Å². The maximum absolute atomic E-state index is 12.9. The van der Waals surface area contributed by atoms with Crippen LogP contribution in [0.4, 0.5) is 0 Å². The smallest absolute Gasteiger partial charge is 0.252 e. The number of aryl methyl sites for hydroxylation is 3.